The molecule has 2 N–H and O–H groups in total. The zero-order valence-corrected chi connectivity index (χ0v) is 16.2. The molecule has 140 valence electrons. The average Bonchev–Trinajstić information content (AvgIpc) is 3.02. The molecule has 1 aromatic heterocycles. The van der Waals surface area contributed by atoms with Crippen molar-refractivity contribution >= 4 is 27.3 Å². The number of para-hydroxylation sites is 1. The molecule has 0 aliphatic heterocycles. The maximum absolute atomic E-state index is 12.4. The molecule has 1 amide bonds. The summed E-state index contributed by atoms with van der Waals surface area (Å²) in [6.07, 6.45) is 6.67. The monoisotopic (exact) mass is 394 g/mol. The number of ether oxygens (including phenoxy) is 1. The number of rotatable bonds is 5. The van der Waals surface area contributed by atoms with Crippen molar-refractivity contribution in [1.82, 2.24) is 10.3 Å². The molecule has 1 aliphatic carbocycles. The Hall–Kier alpha value is -1.90. The summed E-state index contributed by atoms with van der Waals surface area (Å²) in [7, 11) is -2.53. The minimum Gasteiger partial charge on any atom is -0.495 e. The molecular formula is C18H22N2O4S2. The third-order valence-electron chi connectivity index (χ3n) is 4.38. The molecule has 1 aliphatic rings. The fourth-order valence-electron chi connectivity index (χ4n) is 3.03. The van der Waals surface area contributed by atoms with Gasteiger partial charge in [-0.15, -0.1) is 16.2 Å². The topological polar surface area (TPSA) is 84.5 Å². The summed E-state index contributed by atoms with van der Waals surface area (Å²) in [5.41, 5.74) is 3.52. The summed E-state index contributed by atoms with van der Waals surface area (Å²) in [6, 6.07) is 8.13. The molecule has 8 heteroatoms. The number of fused-ring (bicyclic) bond motifs is 1. The van der Waals surface area contributed by atoms with Gasteiger partial charge in [0.15, 0.2) is 0 Å². The number of sulfonamides is 1. The van der Waals surface area contributed by atoms with E-state index in [0.29, 0.717) is 4.88 Å². The number of hydrogen-bond donors (Lipinski definition) is 2. The van der Waals surface area contributed by atoms with Crippen molar-refractivity contribution in [3.8, 4) is 5.75 Å². The summed E-state index contributed by atoms with van der Waals surface area (Å²) in [5, 5.41) is 0. The number of methoxy groups -OCH3 is 1. The maximum atomic E-state index is 12.4. The van der Waals surface area contributed by atoms with Crippen LogP contribution in [0, 0.1) is 0 Å². The van der Waals surface area contributed by atoms with Gasteiger partial charge in [0.05, 0.1) is 12.0 Å². The number of hydrogen-bond acceptors (Lipinski definition) is 5. The molecular weight excluding hydrogens is 372 g/mol. The van der Waals surface area contributed by atoms with Crippen LogP contribution in [0.15, 0.2) is 35.2 Å². The average molecular weight is 395 g/mol. The van der Waals surface area contributed by atoms with E-state index in [9.17, 15) is 13.2 Å². The Morgan fingerprint density at radius 2 is 1.85 bits per heavy atom. The standard InChI is InChI=1S/C18H22N2O4S2/c1-24-14-9-6-7-11-17(14)26(22,23)20-19-18(21)16-12-13-8-4-2-3-5-10-15(13)25-16/h6-7,9,11-12,20H,2-5,8,10H2,1H3,(H,19,21). The van der Waals surface area contributed by atoms with Gasteiger partial charge in [-0.25, -0.2) is 8.42 Å². The first-order valence-electron chi connectivity index (χ1n) is 8.58. The SMILES string of the molecule is COc1ccccc1S(=O)(=O)NNC(=O)c1cc2c(s1)CCCCCC2. The second-order valence-corrected chi connectivity index (χ2v) is 8.97. The van der Waals surface area contributed by atoms with E-state index in [0.717, 1.165) is 25.7 Å². The van der Waals surface area contributed by atoms with Gasteiger partial charge in [0.1, 0.15) is 10.6 Å². The predicted molar refractivity (Wildman–Crippen MR) is 101 cm³/mol. The summed E-state index contributed by atoms with van der Waals surface area (Å²) < 4.78 is 29.9. The van der Waals surface area contributed by atoms with E-state index in [1.54, 1.807) is 18.2 Å². The summed E-state index contributed by atoms with van der Waals surface area (Å²) in [5.74, 6) is -0.228. The number of aryl methyl sites for hydroxylation is 2. The molecule has 0 atom stereocenters. The number of nitrogens with one attached hydrogen (secondary N) is 2. The Labute approximate surface area is 157 Å². The van der Waals surface area contributed by atoms with Gasteiger partial charge in [0.2, 0.25) is 0 Å². The number of hydrazine groups is 1. The van der Waals surface area contributed by atoms with Crippen LogP contribution in [0.3, 0.4) is 0 Å². The zero-order chi connectivity index (χ0) is 18.6. The molecule has 6 nitrogen and oxygen atoms in total. The number of carbonyl (C=O) groups is 1. The smallest absolute Gasteiger partial charge is 0.276 e. The van der Waals surface area contributed by atoms with E-state index in [-0.39, 0.29) is 10.6 Å². The summed E-state index contributed by atoms with van der Waals surface area (Å²) in [4.78, 5) is 16.3. The molecule has 0 saturated carbocycles. The second-order valence-electron chi connectivity index (χ2n) is 6.18. The Kier molecular flexibility index (Phi) is 5.95. The minimum atomic E-state index is -3.92. The lowest BCUT2D eigenvalue weighted by Crippen LogP contribution is -2.41. The minimum absolute atomic E-state index is 0.0266. The van der Waals surface area contributed by atoms with Gasteiger partial charge in [-0.05, 0) is 49.4 Å². The van der Waals surface area contributed by atoms with E-state index in [2.05, 4.69) is 10.3 Å². The lowest BCUT2D eigenvalue weighted by atomic mass is 10.00. The molecule has 1 aromatic carbocycles. The molecule has 0 spiro atoms. The first-order valence-corrected chi connectivity index (χ1v) is 10.9. The van der Waals surface area contributed by atoms with Crippen LogP contribution in [0.1, 0.15) is 45.8 Å². The van der Waals surface area contributed by atoms with Crippen molar-refractivity contribution in [1.29, 1.82) is 0 Å². The molecule has 0 fully saturated rings. The molecule has 0 saturated heterocycles. The van der Waals surface area contributed by atoms with E-state index in [1.807, 2.05) is 6.07 Å². The number of thiophene rings is 1. The third-order valence-corrected chi connectivity index (χ3v) is 6.90. The van der Waals surface area contributed by atoms with Gasteiger partial charge in [-0.2, -0.15) is 0 Å². The van der Waals surface area contributed by atoms with Gasteiger partial charge in [0.25, 0.3) is 15.9 Å². The number of carbonyl (C=O) groups excluding carboxylic acids is 1. The molecule has 2 aromatic rings. The first kappa shape index (κ1) is 18.9. The van der Waals surface area contributed by atoms with E-state index >= 15 is 0 Å². The highest BCUT2D eigenvalue weighted by atomic mass is 32.2. The van der Waals surface area contributed by atoms with Gasteiger partial charge < -0.3 is 4.74 Å². The zero-order valence-electron chi connectivity index (χ0n) is 14.6. The Morgan fingerprint density at radius 1 is 1.12 bits per heavy atom. The van der Waals surface area contributed by atoms with Crippen LogP contribution in [0.25, 0.3) is 0 Å². The van der Waals surface area contributed by atoms with Gasteiger partial charge in [0, 0.05) is 4.88 Å². The van der Waals surface area contributed by atoms with Crippen LogP contribution < -0.4 is 15.0 Å². The fourth-order valence-corrected chi connectivity index (χ4v) is 5.19. The van der Waals surface area contributed by atoms with Crippen LogP contribution in [-0.2, 0) is 22.9 Å². The van der Waals surface area contributed by atoms with E-state index in [4.69, 9.17) is 4.74 Å². The highest BCUT2D eigenvalue weighted by molar-refractivity contribution is 7.89. The first-order chi connectivity index (χ1) is 12.5. The predicted octanol–water partition coefficient (Wildman–Crippen LogP) is 3.04. The van der Waals surface area contributed by atoms with Crippen molar-refractivity contribution in [3.05, 3.63) is 45.6 Å². The Balaban J connectivity index is 1.71. The van der Waals surface area contributed by atoms with Gasteiger partial charge in [-0.1, -0.05) is 25.0 Å². The van der Waals surface area contributed by atoms with Gasteiger partial charge in [-0.3, -0.25) is 10.2 Å². The molecule has 3 rings (SSSR count). The molecule has 0 unspecified atom stereocenters. The Bertz CT molecular complexity index is 865. The molecule has 1 heterocycles. The normalized spacial score (nSPS) is 14.8. The highest BCUT2D eigenvalue weighted by Crippen LogP contribution is 2.28. The van der Waals surface area contributed by atoms with Crippen molar-refractivity contribution in [2.24, 2.45) is 0 Å². The fraction of sp³-hybridized carbons (Fsp3) is 0.389. The molecule has 26 heavy (non-hydrogen) atoms. The van der Waals surface area contributed by atoms with Crippen molar-refractivity contribution < 1.29 is 17.9 Å². The van der Waals surface area contributed by atoms with E-state index in [1.165, 1.54) is 47.8 Å². The third kappa shape index (κ3) is 4.25. The lowest BCUT2D eigenvalue weighted by molar-refractivity contribution is 0.0949. The van der Waals surface area contributed by atoms with Crippen LogP contribution in [0.4, 0.5) is 0 Å². The Morgan fingerprint density at radius 3 is 2.62 bits per heavy atom. The van der Waals surface area contributed by atoms with Crippen LogP contribution in [-0.4, -0.2) is 21.4 Å². The molecule has 0 radical (unpaired) electrons. The van der Waals surface area contributed by atoms with Crippen molar-refractivity contribution in [2.45, 2.75) is 43.4 Å². The largest absolute Gasteiger partial charge is 0.495 e. The van der Waals surface area contributed by atoms with Crippen molar-refractivity contribution in [2.75, 3.05) is 7.11 Å². The van der Waals surface area contributed by atoms with Crippen molar-refractivity contribution in [3.63, 3.8) is 0 Å². The summed E-state index contributed by atoms with van der Waals surface area (Å²) in [6.45, 7) is 0. The number of amides is 1. The van der Waals surface area contributed by atoms with Crippen LogP contribution in [0.2, 0.25) is 0 Å². The van der Waals surface area contributed by atoms with Crippen LogP contribution >= 0.6 is 11.3 Å². The lowest BCUT2D eigenvalue weighted by Gasteiger charge is -2.10. The van der Waals surface area contributed by atoms with Gasteiger partial charge >= 0.3 is 0 Å². The summed E-state index contributed by atoms with van der Waals surface area (Å²) >= 11 is 1.45. The van der Waals surface area contributed by atoms with E-state index < -0.39 is 15.9 Å². The van der Waals surface area contributed by atoms with Crippen LogP contribution in [0.5, 0.6) is 5.75 Å². The second kappa shape index (κ2) is 8.20. The quantitative estimate of drug-likeness (QED) is 0.764. The number of benzene rings is 1. The maximum Gasteiger partial charge on any atom is 0.276 e. The molecule has 0 bridgehead atoms. The highest BCUT2D eigenvalue weighted by Gasteiger charge is 2.21.